The second-order valence-corrected chi connectivity index (χ2v) is 3.80. The van der Waals surface area contributed by atoms with Crippen LogP contribution in [-0.2, 0) is 4.79 Å². The van der Waals surface area contributed by atoms with Gasteiger partial charge in [-0.3, -0.25) is 4.79 Å². The molecular weight excluding hydrogens is 166 g/mol. The van der Waals surface area contributed by atoms with E-state index < -0.39 is 0 Å². The van der Waals surface area contributed by atoms with Crippen LogP contribution < -0.4 is 0 Å². The van der Waals surface area contributed by atoms with Crippen LogP contribution in [0.1, 0.15) is 33.1 Å². The lowest BCUT2D eigenvalue weighted by molar-refractivity contribution is -0.136. The van der Waals surface area contributed by atoms with E-state index in [1.54, 1.807) is 0 Å². The first kappa shape index (κ1) is 10.5. The van der Waals surface area contributed by atoms with Crippen molar-refractivity contribution >= 4 is 5.91 Å². The lowest BCUT2D eigenvalue weighted by Crippen LogP contribution is -2.38. The second kappa shape index (κ2) is 4.61. The Morgan fingerprint density at radius 2 is 2.23 bits per heavy atom. The van der Waals surface area contributed by atoms with Gasteiger partial charge >= 0.3 is 0 Å². The molecular formula is C10H19NO2. The van der Waals surface area contributed by atoms with E-state index in [1.807, 2.05) is 18.7 Å². The number of nitrogens with zero attached hydrogens (tertiary/aromatic N) is 1. The van der Waals surface area contributed by atoms with Gasteiger partial charge in [0.25, 0.3) is 0 Å². The molecule has 3 heteroatoms. The first-order chi connectivity index (χ1) is 6.20. The van der Waals surface area contributed by atoms with E-state index >= 15 is 0 Å². The van der Waals surface area contributed by atoms with Crippen molar-refractivity contribution in [3.8, 4) is 0 Å². The summed E-state index contributed by atoms with van der Waals surface area (Å²) in [4.78, 5) is 13.6. The number of hydrogen-bond donors (Lipinski definition) is 1. The maximum absolute atomic E-state index is 11.8. The van der Waals surface area contributed by atoms with Crippen molar-refractivity contribution in [3.05, 3.63) is 0 Å². The van der Waals surface area contributed by atoms with Gasteiger partial charge in [-0.2, -0.15) is 0 Å². The van der Waals surface area contributed by atoms with Crippen LogP contribution in [0.5, 0.6) is 0 Å². The van der Waals surface area contributed by atoms with Crippen molar-refractivity contribution in [1.29, 1.82) is 0 Å². The first-order valence-electron chi connectivity index (χ1n) is 5.12. The molecule has 0 radical (unpaired) electrons. The molecule has 3 nitrogen and oxygen atoms in total. The fraction of sp³-hybridized carbons (Fsp3) is 0.900. The number of amides is 1. The third-order valence-electron chi connectivity index (χ3n) is 2.65. The molecule has 0 heterocycles. The van der Waals surface area contributed by atoms with Gasteiger partial charge in [0.1, 0.15) is 0 Å². The van der Waals surface area contributed by atoms with Crippen molar-refractivity contribution in [3.63, 3.8) is 0 Å². The van der Waals surface area contributed by atoms with E-state index in [0.717, 1.165) is 19.3 Å². The van der Waals surface area contributed by atoms with Crippen LogP contribution in [0.25, 0.3) is 0 Å². The van der Waals surface area contributed by atoms with Crippen LogP contribution in [0.2, 0.25) is 0 Å². The molecule has 1 fully saturated rings. The molecule has 1 atom stereocenters. The van der Waals surface area contributed by atoms with E-state index in [0.29, 0.717) is 12.6 Å². The van der Waals surface area contributed by atoms with Gasteiger partial charge < -0.3 is 10.0 Å². The average molecular weight is 185 g/mol. The van der Waals surface area contributed by atoms with Crippen LogP contribution >= 0.6 is 0 Å². The van der Waals surface area contributed by atoms with Gasteiger partial charge in [-0.15, -0.1) is 0 Å². The SMILES string of the molecule is CCC(C)C(=O)N(CCO)C1CC1. The Morgan fingerprint density at radius 1 is 1.62 bits per heavy atom. The minimum Gasteiger partial charge on any atom is -0.395 e. The molecule has 0 bridgehead atoms. The Bertz CT molecular complexity index is 178. The van der Waals surface area contributed by atoms with E-state index in [9.17, 15) is 4.79 Å². The summed E-state index contributed by atoms with van der Waals surface area (Å²) < 4.78 is 0. The molecule has 76 valence electrons. The molecule has 0 aliphatic heterocycles. The molecule has 0 spiro atoms. The normalized spacial score (nSPS) is 18.4. The zero-order valence-corrected chi connectivity index (χ0v) is 8.49. The number of aliphatic hydroxyl groups is 1. The molecule has 1 saturated carbocycles. The van der Waals surface area contributed by atoms with Crippen molar-refractivity contribution in [1.82, 2.24) is 4.90 Å². The fourth-order valence-corrected chi connectivity index (χ4v) is 1.42. The van der Waals surface area contributed by atoms with Crippen LogP contribution in [0.4, 0.5) is 0 Å². The van der Waals surface area contributed by atoms with E-state index in [-0.39, 0.29) is 18.4 Å². The van der Waals surface area contributed by atoms with Crippen LogP contribution in [0.15, 0.2) is 0 Å². The monoisotopic (exact) mass is 185 g/mol. The van der Waals surface area contributed by atoms with Crippen LogP contribution in [-0.4, -0.2) is 35.1 Å². The summed E-state index contributed by atoms with van der Waals surface area (Å²) in [6, 6.07) is 0.425. The minimum absolute atomic E-state index is 0.0820. The van der Waals surface area contributed by atoms with Crippen molar-refractivity contribution < 1.29 is 9.90 Å². The first-order valence-corrected chi connectivity index (χ1v) is 5.12. The standard InChI is InChI=1S/C10H19NO2/c1-3-8(2)10(13)11(6-7-12)9-4-5-9/h8-9,12H,3-7H2,1-2H3. The Hall–Kier alpha value is -0.570. The number of carbonyl (C=O) groups excluding carboxylic acids is 1. The molecule has 0 aromatic heterocycles. The highest BCUT2D eigenvalue weighted by Crippen LogP contribution is 2.28. The van der Waals surface area contributed by atoms with Gasteiger partial charge in [0.05, 0.1) is 6.61 Å². The van der Waals surface area contributed by atoms with Gasteiger partial charge in [-0.1, -0.05) is 13.8 Å². The highest BCUT2D eigenvalue weighted by Gasteiger charge is 2.33. The maximum atomic E-state index is 11.8. The van der Waals surface area contributed by atoms with Crippen LogP contribution in [0.3, 0.4) is 0 Å². The molecule has 1 aliphatic rings. The smallest absolute Gasteiger partial charge is 0.225 e. The number of carbonyl (C=O) groups is 1. The lowest BCUT2D eigenvalue weighted by Gasteiger charge is -2.24. The predicted molar refractivity (Wildman–Crippen MR) is 51.3 cm³/mol. The average Bonchev–Trinajstić information content (AvgIpc) is 2.95. The molecule has 13 heavy (non-hydrogen) atoms. The topological polar surface area (TPSA) is 40.5 Å². The second-order valence-electron chi connectivity index (χ2n) is 3.80. The fourth-order valence-electron chi connectivity index (χ4n) is 1.42. The Kier molecular flexibility index (Phi) is 3.72. The maximum Gasteiger partial charge on any atom is 0.225 e. The summed E-state index contributed by atoms with van der Waals surface area (Å²) in [5.74, 6) is 0.311. The summed E-state index contributed by atoms with van der Waals surface area (Å²) in [7, 11) is 0. The summed E-state index contributed by atoms with van der Waals surface area (Å²) in [6.45, 7) is 4.56. The van der Waals surface area contributed by atoms with Crippen molar-refractivity contribution in [2.45, 2.75) is 39.2 Å². The molecule has 1 aliphatic carbocycles. The Balaban J connectivity index is 2.47. The number of rotatable bonds is 5. The van der Waals surface area contributed by atoms with Gasteiger partial charge in [0.2, 0.25) is 5.91 Å². The summed E-state index contributed by atoms with van der Waals surface area (Å²) in [5.41, 5.74) is 0. The molecule has 1 rings (SSSR count). The van der Waals surface area contributed by atoms with Crippen LogP contribution in [0, 0.1) is 5.92 Å². The largest absolute Gasteiger partial charge is 0.395 e. The lowest BCUT2D eigenvalue weighted by atomic mass is 10.1. The number of hydrogen-bond acceptors (Lipinski definition) is 2. The molecule has 0 aromatic carbocycles. The summed E-state index contributed by atoms with van der Waals surface area (Å²) in [6.07, 6.45) is 3.11. The summed E-state index contributed by atoms with van der Waals surface area (Å²) in [5, 5.41) is 8.82. The molecule has 0 saturated heterocycles. The molecule has 0 aromatic rings. The minimum atomic E-state index is 0.0820. The van der Waals surface area contributed by atoms with Crippen molar-refractivity contribution in [2.75, 3.05) is 13.2 Å². The highest BCUT2D eigenvalue weighted by molar-refractivity contribution is 5.79. The Labute approximate surface area is 79.7 Å². The zero-order valence-electron chi connectivity index (χ0n) is 8.49. The van der Waals surface area contributed by atoms with Gasteiger partial charge in [0, 0.05) is 18.5 Å². The van der Waals surface area contributed by atoms with Gasteiger partial charge in [0.15, 0.2) is 0 Å². The van der Waals surface area contributed by atoms with E-state index in [2.05, 4.69) is 0 Å². The van der Waals surface area contributed by atoms with Crippen molar-refractivity contribution in [2.24, 2.45) is 5.92 Å². The highest BCUT2D eigenvalue weighted by atomic mass is 16.3. The van der Waals surface area contributed by atoms with Gasteiger partial charge in [-0.25, -0.2) is 0 Å². The zero-order chi connectivity index (χ0) is 9.84. The van der Waals surface area contributed by atoms with E-state index in [1.165, 1.54) is 0 Å². The quantitative estimate of drug-likeness (QED) is 0.694. The Morgan fingerprint density at radius 3 is 2.62 bits per heavy atom. The molecule has 1 amide bonds. The van der Waals surface area contributed by atoms with E-state index in [4.69, 9.17) is 5.11 Å². The predicted octanol–water partition coefficient (Wildman–Crippen LogP) is 1.02. The third kappa shape index (κ3) is 2.69. The third-order valence-corrected chi connectivity index (χ3v) is 2.65. The summed E-state index contributed by atoms with van der Waals surface area (Å²) >= 11 is 0. The number of aliphatic hydroxyl groups excluding tert-OH is 1. The van der Waals surface area contributed by atoms with Gasteiger partial charge in [-0.05, 0) is 19.3 Å². The molecule has 1 N–H and O–H groups in total. The molecule has 1 unspecified atom stereocenters.